The number of hydrogen-bond donors (Lipinski definition) is 1. The Bertz CT molecular complexity index is 1290. The fourth-order valence-electron chi connectivity index (χ4n) is 3.32. The molecule has 0 saturated heterocycles. The number of aromatic nitrogens is 2. The largest absolute Gasteiger partial charge is 0.486 e. The number of nitrogens with one attached hydrogen (secondary N) is 1. The van der Waals surface area contributed by atoms with E-state index in [1.165, 1.54) is 5.56 Å². The molecule has 0 saturated carbocycles. The molecule has 0 radical (unpaired) electrons. The van der Waals surface area contributed by atoms with Crippen molar-refractivity contribution in [2.24, 2.45) is 0 Å². The average molecular weight is 498 g/mol. The van der Waals surface area contributed by atoms with Crippen LogP contribution in [0.5, 0.6) is 5.75 Å². The van der Waals surface area contributed by atoms with Crippen LogP contribution in [0.25, 0.3) is 0 Å². The van der Waals surface area contributed by atoms with E-state index in [9.17, 15) is 4.79 Å². The van der Waals surface area contributed by atoms with Gasteiger partial charge in [-0.05, 0) is 46.9 Å². The Kier molecular flexibility index (Phi) is 7.00. The van der Waals surface area contributed by atoms with Gasteiger partial charge in [-0.2, -0.15) is 5.10 Å². The van der Waals surface area contributed by atoms with Gasteiger partial charge < -0.3 is 14.5 Å². The normalized spacial score (nSPS) is 11.4. The second kappa shape index (κ2) is 9.95. The molecule has 0 fully saturated rings. The standard InChI is InChI=1S/C26H25Cl2N3O3/c1-26(2,3)18-8-10-19(11-9-18)33-16-20-12-13-23(34-20)25(32)29-24-22(28)15-31(30-24)14-17-6-4-5-7-21(17)27/h4-13,15H,14,16H2,1-3H3,(H,29,30,32). The van der Waals surface area contributed by atoms with Crippen LogP contribution in [0.1, 0.15) is 48.2 Å². The average Bonchev–Trinajstić information content (AvgIpc) is 3.40. The fraction of sp³-hybridized carbons (Fsp3) is 0.231. The molecule has 1 amide bonds. The Morgan fingerprint density at radius 2 is 1.76 bits per heavy atom. The van der Waals surface area contributed by atoms with Gasteiger partial charge in [0.2, 0.25) is 0 Å². The zero-order valence-corrected chi connectivity index (χ0v) is 20.7. The van der Waals surface area contributed by atoms with Crippen LogP contribution in [-0.4, -0.2) is 15.7 Å². The van der Waals surface area contributed by atoms with Crippen molar-refractivity contribution in [2.75, 3.05) is 5.32 Å². The molecular weight excluding hydrogens is 473 g/mol. The van der Waals surface area contributed by atoms with E-state index in [-0.39, 0.29) is 23.6 Å². The van der Waals surface area contributed by atoms with Crippen molar-refractivity contribution in [3.8, 4) is 5.75 Å². The third-order valence-corrected chi connectivity index (χ3v) is 5.87. The molecule has 6 nitrogen and oxygen atoms in total. The number of nitrogens with zero attached hydrogens (tertiary/aromatic N) is 2. The molecule has 0 spiro atoms. The van der Waals surface area contributed by atoms with Gasteiger partial charge in [0.25, 0.3) is 5.91 Å². The highest BCUT2D eigenvalue weighted by Crippen LogP contribution is 2.25. The van der Waals surface area contributed by atoms with Gasteiger partial charge >= 0.3 is 0 Å². The maximum absolute atomic E-state index is 12.6. The molecule has 0 aliphatic carbocycles. The van der Waals surface area contributed by atoms with Gasteiger partial charge in [-0.15, -0.1) is 0 Å². The molecule has 0 atom stereocenters. The molecule has 2 aromatic heterocycles. The summed E-state index contributed by atoms with van der Waals surface area (Å²) >= 11 is 12.5. The van der Waals surface area contributed by atoms with Crippen molar-refractivity contribution >= 4 is 34.9 Å². The Hall–Kier alpha value is -3.22. The lowest BCUT2D eigenvalue weighted by Gasteiger charge is -2.19. The van der Waals surface area contributed by atoms with Crippen LogP contribution >= 0.6 is 23.2 Å². The van der Waals surface area contributed by atoms with Crippen LogP contribution in [0.15, 0.2) is 71.3 Å². The first-order valence-corrected chi connectivity index (χ1v) is 11.5. The summed E-state index contributed by atoms with van der Waals surface area (Å²) in [5.74, 6) is 1.18. The first-order chi connectivity index (χ1) is 16.2. The number of carbonyl (C=O) groups excluding carboxylic acids is 1. The van der Waals surface area contributed by atoms with E-state index in [0.717, 1.165) is 11.3 Å². The number of rotatable bonds is 7. The number of halogens is 2. The van der Waals surface area contributed by atoms with Crippen LogP contribution in [0.3, 0.4) is 0 Å². The highest BCUT2D eigenvalue weighted by molar-refractivity contribution is 6.33. The van der Waals surface area contributed by atoms with Gasteiger partial charge in [0, 0.05) is 11.2 Å². The van der Waals surface area contributed by atoms with E-state index >= 15 is 0 Å². The number of furan rings is 1. The molecule has 0 unspecified atom stereocenters. The maximum Gasteiger partial charge on any atom is 0.292 e. The zero-order valence-electron chi connectivity index (χ0n) is 19.1. The number of hydrogen-bond acceptors (Lipinski definition) is 4. The minimum Gasteiger partial charge on any atom is -0.486 e. The van der Waals surface area contributed by atoms with Gasteiger partial charge in [-0.3, -0.25) is 9.48 Å². The second-order valence-electron chi connectivity index (χ2n) is 8.90. The van der Waals surface area contributed by atoms with E-state index in [2.05, 4.69) is 31.2 Å². The third kappa shape index (κ3) is 5.82. The van der Waals surface area contributed by atoms with Gasteiger partial charge in [0.1, 0.15) is 23.1 Å². The van der Waals surface area contributed by atoms with Crippen LogP contribution < -0.4 is 10.1 Å². The van der Waals surface area contributed by atoms with E-state index in [0.29, 0.717) is 22.4 Å². The smallest absolute Gasteiger partial charge is 0.292 e. The molecule has 4 rings (SSSR count). The first-order valence-electron chi connectivity index (χ1n) is 10.8. The highest BCUT2D eigenvalue weighted by atomic mass is 35.5. The molecule has 4 aromatic rings. The maximum atomic E-state index is 12.6. The van der Waals surface area contributed by atoms with Crippen molar-refractivity contribution in [3.63, 3.8) is 0 Å². The summed E-state index contributed by atoms with van der Waals surface area (Å²) in [6, 6.07) is 18.7. The Balaban J connectivity index is 1.35. The lowest BCUT2D eigenvalue weighted by Crippen LogP contribution is -2.12. The lowest BCUT2D eigenvalue weighted by atomic mass is 9.87. The minimum absolute atomic E-state index is 0.0785. The number of anilines is 1. The second-order valence-corrected chi connectivity index (χ2v) is 9.71. The van der Waals surface area contributed by atoms with Crippen LogP contribution in [-0.2, 0) is 18.6 Å². The van der Waals surface area contributed by atoms with Crippen molar-refractivity contribution in [1.29, 1.82) is 0 Å². The SMILES string of the molecule is CC(C)(C)c1ccc(OCc2ccc(C(=O)Nc3nn(Cc4ccccc4Cl)cc3Cl)o2)cc1. The molecule has 2 heterocycles. The Labute approximate surface area is 208 Å². The molecule has 0 aliphatic rings. The summed E-state index contributed by atoms with van der Waals surface area (Å²) in [7, 11) is 0. The van der Waals surface area contributed by atoms with E-state index in [1.807, 2.05) is 48.5 Å². The number of carbonyl (C=O) groups is 1. The monoisotopic (exact) mass is 497 g/mol. The molecule has 0 bridgehead atoms. The van der Waals surface area contributed by atoms with Crippen molar-refractivity contribution in [3.05, 3.63) is 99.6 Å². The quantitative estimate of drug-likeness (QED) is 0.299. The lowest BCUT2D eigenvalue weighted by molar-refractivity contribution is 0.0992. The van der Waals surface area contributed by atoms with E-state index in [4.69, 9.17) is 32.4 Å². The molecule has 176 valence electrons. The highest BCUT2D eigenvalue weighted by Gasteiger charge is 2.17. The molecule has 34 heavy (non-hydrogen) atoms. The van der Waals surface area contributed by atoms with E-state index < -0.39 is 5.91 Å². The van der Waals surface area contributed by atoms with Gasteiger partial charge in [-0.1, -0.05) is 74.3 Å². The molecular formula is C26H25Cl2N3O3. The summed E-state index contributed by atoms with van der Waals surface area (Å²) in [5, 5.41) is 7.98. The van der Waals surface area contributed by atoms with Crippen LogP contribution in [0.2, 0.25) is 10.0 Å². The van der Waals surface area contributed by atoms with Gasteiger partial charge in [0.15, 0.2) is 11.6 Å². The summed E-state index contributed by atoms with van der Waals surface area (Å²) in [5.41, 5.74) is 2.20. The Morgan fingerprint density at radius 1 is 1.03 bits per heavy atom. The van der Waals surface area contributed by atoms with Crippen LogP contribution in [0, 0.1) is 0 Å². The molecule has 1 N–H and O–H groups in total. The first kappa shape index (κ1) is 23.9. The number of benzene rings is 2. The molecule has 2 aromatic carbocycles. The van der Waals surface area contributed by atoms with Gasteiger partial charge in [-0.25, -0.2) is 0 Å². The molecule has 8 heteroatoms. The predicted molar refractivity (Wildman–Crippen MR) is 134 cm³/mol. The predicted octanol–water partition coefficient (Wildman–Crippen LogP) is 6.96. The van der Waals surface area contributed by atoms with Crippen molar-refractivity contribution < 1.29 is 13.9 Å². The number of ether oxygens (including phenoxy) is 1. The Morgan fingerprint density at radius 3 is 2.47 bits per heavy atom. The summed E-state index contributed by atoms with van der Waals surface area (Å²) in [6.45, 7) is 7.11. The summed E-state index contributed by atoms with van der Waals surface area (Å²) < 4.78 is 13.0. The minimum atomic E-state index is -0.453. The fourth-order valence-corrected chi connectivity index (χ4v) is 3.71. The van der Waals surface area contributed by atoms with Crippen LogP contribution in [0.4, 0.5) is 5.82 Å². The summed E-state index contributed by atoms with van der Waals surface area (Å²) in [4.78, 5) is 12.6. The topological polar surface area (TPSA) is 69.3 Å². The van der Waals surface area contributed by atoms with Crippen molar-refractivity contribution in [2.45, 2.75) is 39.3 Å². The molecule has 0 aliphatic heterocycles. The van der Waals surface area contributed by atoms with E-state index in [1.54, 1.807) is 23.0 Å². The zero-order chi connectivity index (χ0) is 24.3. The third-order valence-electron chi connectivity index (χ3n) is 5.23. The van der Waals surface area contributed by atoms with Gasteiger partial charge in [0.05, 0.1) is 6.54 Å². The number of amides is 1. The summed E-state index contributed by atoms with van der Waals surface area (Å²) in [6.07, 6.45) is 1.63. The van der Waals surface area contributed by atoms with Crippen molar-refractivity contribution in [1.82, 2.24) is 9.78 Å².